The minimum Gasteiger partial charge on any atom is -0.480 e. The van der Waals surface area contributed by atoms with E-state index in [-0.39, 0.29) is 18.6 Å². The number of hydrogen-bond acceptors (Lipinski definition) is 5. The lowest BCUT2D eigenvalue weighted by Crippen LogP contribution is -2.63. The molecular formula is C21H25N3O6. The molecule has 9 nitrogen and oxygen atoms in total. The van der Waals surface area contributed by atoms with Gasteiger partial charge in [0.1, 0.15) is 23.9 Å². The number of carbonyl (C=O) groups excluding carboxylic acids is 4. The molecule has 0 aromatic heterocycles. The van der Waals surface area contributed by atoms with E-state index in [0.717, 1.165) is 5.56 Å². The Balaban J connectivity index is 1.56. The second-order valence-corrected chi connectivity index (χ2v) is 7.79. The molecule has 0 bridgehead atoms. The van der Waals surface area contributed by atoms with Crippen LogP contribution in [0.5, 0.6) is 0 Å². The monoisotopic (exact) mass is 415 g/mol. The maximum absolute atomic E-state index is 12.4. The topological polar surface area (TPSA) is 142 Å². The molecule has 1 aliphatic heterocycles. The predicted molar refractivity (Wildman–Crippen MR) is 105 cm³/mol. The van der Waals surface area contributed by atoms with Crippen LogP contribution in [-0.4, -0.2) is 52.7 Å². The van der Waals surface area contributed by atoms with Gasteiger partial charge >= 0.3 is 5.97 Å². The highest BCUT2D eigenvalue weighted by atomic mass is 16.4. The number of hydrogen-bond donors (Lipinski definition) is 4. The Kier molecular flexibility index (Phi) is 6.81. The zero-order valence-electron chi connectivity index (χ0n) is 16.4. The Hall–Kier alpha value is -3.23. The summed E-state index contributed by atoms with van der Waals surface area (Å²) >= 11 is 0. The van der Waals surface area contributed by atoms with Gasteiger partial charge in [0.25, 0.3) is 0 Å². The fourth-order valence-electron chi connectivity index (χ4n) is 3.95. The Morgan fingerprint density at radius 1 is 1.07 bits per heavy atom. The normalized spacial score (nSPS) is 25.1. The Morgan fingerprint density at radius 3 is 2.40 bits per heavy atom. The van der Waals surface area contributed by atoms with Gasteiger partial charge in [-0.05, 0) is 24.3 Å². The molecular weight excluding hydrogens is 390 g/mol. The van der Waals surface area contributed by atoms with Crippen molar-refractivity contribution >= 4 is 29.5 Å². The molecule has 1 saturated heterocycles. The minimum atomic E-state index is -1.22. The number of ketones is 1. The van der Waals surface area contributed by atoms with Gasteiger partial charge in [0.15, 0.2) is 0 Å². The van der Waals surface area contributed by atoms with Crippen molar-refractivity contribution in [2.45, 2.75) is 56.7 Å². The van der Waals surface area contributed by atoms with Crippen molar-refractivity contribution in [3.63, 3.8) is 0 Å². The SMILES string of the molecule is O=C1CCC[C@H]([C@H](NC(=O)C[C@@H]2NC(=O)[C@H](Cc3ccccc3)NC2=O)C(=O)O)C1. The van der Waals surface area contributed by atoms with Crippen LogP contribution in [-0.2, 0) is 30.4 Å². The van der Waals surface area contributed by atoms with Crippen LogP contribution in [0, 0.1) is 5.92 Å². The average molecular weight is 415 g/mol. The summed E-state index contributed by atoms with van der Waals surface area (Å²) in [6, 6.07) is 6.21. The number of Topliss-reactive ketones (excluding diaryl/α,β-unsaturated/α-hetero) is 1. The van der Waals surface area contributed by atoms with Gasteiger partial charge in [0, 0.05) is 19.3 Å². The van der Waals surface area contributed by atoms with Crippen LogP contribution in [0.25, 0.3) is 0 Å². The van der Waals surface area contributed by atoms with Gasteiger partial charge in [-0.15, -0.1) is 0 Å². The van der Waals surface area contributed by atoms with Gasteiger partial charge in [-0.25, -0.2) is 4.79 Å². The Labute approximate surface area is 173 Å². The van der Waals surface area contributed by atoms with Gasteiger partial charge < -0.3 is 21.1 Å². The van der Waals surface area contributed by atoms with E-state index in [9.17, 15) is 29.1 Å². The zero-order chi connectivity index (χ0) is 21.7. The number of benzene rings is 1. The van der Waals surface area contributed by atoms with Crippen LogP contribution in [0.1, 0.15) is 37.7 Å². The van der Waals surface area contributed by atoms with E-state index in [2.05, 4.69) is 16.0 Å². The first-order chi connectivity index (χ1) is 14.3. The van der Waals surface area contributed by atoms with Gasteiger partial charge in [-0.3, -0.25) is 19.2 Å². The number of rotatable bonds is 7. The molecule has 1 heterocycles. The molecule has 9 heteroatoms. The lowest BCUT2D eigenvalue weighted by molar-refractivity contribution is -0.145. The Bertz CT molecular complexity index is 840. The lowest BCUT2D eigenvalue weighted by atomic mass is 9.83. The number of carboxylic acid groups (broad SMARTS) is 1. The van der Waals surface area contributed by atoms with Crippen LogP contribution in [0.4, 0.5) is 0 Å². The van der Waals surface area contributed by atoms with E-state index in [0.29, 0.717) is 25.7 Å². The maximum atomic E-state index is 12.4. The second-order valence-electron chi connectivity index (χ2n) is 7.79. The van der Waals surface area contributed by atoms with Gasteiger partial charge in [0.05, 0.1) is 6.42 Å². The molecule has 0 spiro atoms. The van der Waals surface area contributed by atoms with Crippen LogP contribution in [0.15, 0.2) is 30.3 Å². The van der Waals surface area contributed by atoms with Crippen molar-refractivity contribution in [3.05, 3.63) is 35.9 Å². The summed E-state index contributed by atoms with van der Waals surface area (Å²) in [5.74, 6) is -3.27. The maximum Gasteiger partial charge on any atom is 0.326 e. The average Bonchev–Trinajstić information content (AvgIpc) is 2.70. The largest absolute Gasteiger partial charge is 0.480 e. The molecule has 0 radical (unpaired) electrons. The van der Waals surface area contributed by atoms with Crippen LogP contribution in [0.2, 0.25) is 0 Å². The fourth-order valence-corrected chi connectivity index (χ4v) is 3.95. The highest BCUT2D eigenvalue weighted by Crippen LogP contribution is 2.24. The summed E-state index contributed by atoms with van der Waals surface area (Å²) in [6.45, 7) is 0. The lowest BCUT2D eigenvalue weighted by Gasteiger charge is -2.30. The molecule has 1 aliphatic carbocycles. The number of piperazine rings is 1. The van der Waals surface area contributed by atoms with E-state index >= 15 is 0 Å². The quantitative estimate of drug-likeness (QED) is 0.491. The smallest absolute Gasteiger partial charge is 0.326 e. The third-order valence-corrected chi connectivity index (χ3v) is 5.51. The molecule has 0 unspecified atom stereocenters. The predicted octanol–water partition coefficient (Wildman–Crippen LogP) is -0.0689. The molecule has 3 rings (SSSR count). The number of carbonyl (C=O) groups is 5. The van der Waals surface area contributed by atoms with Crippen LogP contribution >= 0.6 is 0 Å². The first-order valence-corrected chi connectivity index (χ1v) is 10.0. The highest BCUT2D eigenvalue weighted by molar-refractivity contribution is 5.99. The molecule has 30 heavy (non-hydrogen) atoms. The van der Waals surface area contributed by atoms with Gasteiger partial charge in [-0.1, -0.05) is 30.3 Å². The van der Waals surface area contributed by atoms with E-state index < -0.39 is 47.7 Å². The molecule has 2 fully saturated rings. The van der Waals surface area contributed by atoms with E-state index in [4.69, 9.17) is 0 Å². The van der Waals surface area contributed by atoms with Crippen molar-refractivity contribution in [2.24, 2.45) is 5.92 Å². The van der Waals surface area contributed by atoms with Crippen molar-refractivity contribution < 1.29 is 29.1 Å². The standard InChI is InChI=1S/C21H25N3O6/c25-14-8-4-7-13(10-14)18(21(29)30)24-17(26)11-16-20(28)22-15(19(27)23-16)9-12-5-2-1-3-6-12/h1-3,5-6,13,15-16,18H,4,7-11H2,(H,22,28)(H,23,27)(H,24,26)(H,29,30)/t13-,15-,16-,18-/m0/s1. The minimum absolute atomic E-state index is 0.0184. The Morgan fingerprint density at radius 2 is 1.73 bits per heavy atom. The number of carboxylic acids is 1. The summed E-state index contributed by atoms with van der Waals surface area (Å²) in [6.07, 6.45) is 1.61. The van der Waals surface area contributed by atoms with Crippen LogP contribution < -0.4 is 16.0 Å². The highest BCUT2D eigenvalue weighted by Gasteiger charge is 2.37. The third-order valence-electron chi connectivity index (χ3n) is 5.51. The molecule has 2 aliphatic rings. The van der Waals surface area contributed by atoms with Crippen molar-refractivity contribution in [2.75, 3.05) is 0 Å². The van der Waals surface area contributed by atoms with E-state index in [1.54, 1.807) is 0 Å². The molecule has 4 atom stereocenters. The summed E-state index contributed by atoms with van der Waals surface area (Å²) in [4.78, 5) is 60.3. The summed E-state index contributed by atoms with van der Waals surface area (Å²) < 4.78 is 0. The fraction of sp³-hybridized carbons (Fsp3) is 0.476. The number of amides is 3. The first kappa shape index (κ1) is 21.5. The number of nitrogens with one attached hydrogen (secondary N) is 3. The van der Waals surface area contributed by atoms with Gasteiger partial charge in [0.2, 0.25) is 17.7 Å². The first-order valence-electron chi connectivity index (χ1n) is 10.0. The van der Waals surface area contributed by atoms with Crippen molar-refractivity contribution in [1.29, 1.82) is 0 Å². The molecule has 3 amide bonds. The summed E-state index contributed by atoms with van der Waals surface area (Å²) in [5, 5.41) is 17.0. The summed E-state index contributed by atoms with van der Waals surface area (Å²) in [7, 11) is 0. The molecule has 1 aromatic rings. The molecule has 1 saturated carbocycles. The van der Waals surface area contributed by atoms with E-state index in [1.807, 2.05) is 30.3 Å². The molecule has 160 valence electrons. The third kappa shape index (κ3) is 5.43. The number of aliphatic carboxylic acids is 1. The summed E-state index contributed by atoms with van der Waals surface area (Å²) in [5.41, 5.74) is 0.889. The van der Waals surface area contributed by atoms with Gasteiger partial charge in [-0.2, -0.15) is 0 Å². The van der Waals surface area contributed by atoms with Crippen molar-refractivity contribution in [1.82, 2.24) is 16.0 Å². The van der Waals surface area contributed by atoms with Crippen LogP contribution in [0.3, 0.4) is 0 Å². The zero-order valence-corrected chi connectivity index (χ0v) is 16.4. The molecule has 1 aromatic carbocycles. The molecule has 4 N–H and O–H groups in total. The second kappa shape index (κ2) is 9.51. The van der Waals surface area contributed by atoms with E-state index in [1.165, 1.54) is 0 Å². The van der Waals surface area contributed by atoms with Crippen molar-refractivity contribution in [3.8, 4) is 0 Å².